The lowest BCUT2D eigenvalue weighted by Gasteiger charge is -2.15. The van der Waals surface area contributed by atoms with E-state index in [1.807, 2.05) is 42.5 Å². The largest absolute Gasteiger partial charge is 0.493 e. The molecule has 0 heterocycles. The fourth-order valence-electron chi connectivity index (χ4n) is 3.36. The summed E-state index contributed by atoms with van der Waals surface area (Å²) >= 11 is 6.52. The van der Waals surface area contributed by atoms with Gasteiger partial charge in [0.05, 0.1) is 26.4 Å². The quantitative estimate of drug-likeness (QED) is 0.333. The molecule has 0 bridgehead atoms. The molecule has 0 saturated carbocycles. The van der Waals surface area contributed by atoms with Crippen LogP contribution in [0.5, 0.6) is 23.0 Å². The molecule has 0 spiro atoms. The monoisotopic (exact) mass is 491 g/mol. The van der Waals surface area contributed by atoms with Gasteiger partial charge in [-0.1, -0.05) is 47.5 Å². The average molecular weight is 492 g/mol. The van der Waals surface area contributed by atoms with E-state index in [4.69, 9.17) is 30.5 Å². The molecule has 0 amide bonds. The second-order valence-electron chi connectivity index (χ2n) is 7.50. The van der Waals surface area contributed by atoms with E-state index in [1.165, 1.54) is 11.1 Å². The molecule has 178 valence electrons. The molecule has 0 aromatic heterocycles. The van der Waals surface area contributed by atoms with Crippen molar-refractivity contribution < 1.29 is 18.9 Å². The first kappa shape index (κ1) is 26.7. The summed E-state index contributed by atoms with van der Waals surface area (Å²) in [5.41, 5.74) is 4.49. The van der Waals surface area contributed by atoms with Gasteiger partial charge in [-0.15, -0.1) is 12.4 Å². The molecular weight excluding hydrogens is 461 g/mol. The van der Waals surface area contributed by atoms with Gasteiger partial charge in [-0.25, -0.2) is 0 Å². The second kappa shape index (κ2) is 13.2. The van der Waals surface area contributed by atoms with Gasteiger partial charge in [0, 0.05) is 6.54 Å². The Balaban J connectivity index is 0.00000385. The summed E-state index contributed by atoms with van der Waals surface area (Å²) < 4.78 is 22.2. The van der Waals surface area contributed by atoms with E-state index in [9.17, 15) is 0 Å². The Labute approximate surface area is 207 Å². The van der Waals surface area contributed by atoms with Crippen molar-refractivity contribution in [1.82, 2.24) is 5.32 Å². The molecular formula is C26H31Cl2NO4. The second-order valence-corrected chi connectivity index (χ2v) is 7.91. The first-order chi connectivity index (χ1) is 15.5. The summed E-state index contributed by atoms with van der Waals surface area (Å²) in [4.78, 5) is 0. The molecule has 0 unspecified atom stereocenters. The van der Waals surface area contributed by atoms with Gasteiger partial charge < -0.3 is 24.3 Å². The van der Waals surface area contributed by atoms with Crippen molar-refractivity contribution in [3.8, 4) is 23.0 Å². The summed E-state index contributed by atoms with van der Waals surface area (Å²) in [6.45, 7) is 3.97. The molecule has 0 aliphatic rings. The predicted molar refractivity (Wildman–Crippen MR) is 136 cm³/mol. The number of aryl methyl sites for hydroxylation is 1. The Bertz CT molecular complexity index is 1030. The number of hydrogen-bond donors (Lipinski definition) is 1. The maximum Gasteiger partial charge on any atom is 0.180 e. The molecule has 7 heteroatoms. The topological polar surface area (TPSA) is 49.0 Å². The fraction of sp³-hybridized carbons (Fsp3) is 0.308. The van der Waals surface area contributed by atoms with Crippen molar-refractivity contribution in [3.05, 3.63) is 81.9 Å². The third kappa shape index (κ3) is 7.46. The van der Waals surface area contributed by atoms with E-state index < -0.39 is 0 Å². The number of methoxy groups -OCH3 is 3. The Kier molecular flexibility index (Phi) is 10.7. The molecule has 0 atom stereocenters. The van der Waals surface area contributed by atoms with Crippen molar-refractivity contribution in [2.75, 3.05) is 27.9 Å². The van der Waals surface area contributed by atoms with Crippen molar-refractivity contribution in [2.45, 2.75) is 26.5 Å². The Morgan fingerprint density at radius 2 is 1.39 bits per heavy atom. The Morgan fingerprint density at radius 1 is 0.758 bits per heavy atom. The lowest BCUT2D eigenvalue weighted by molar-refractivity contribution is 0.284. The van der Waals surface area contributed by atoms with Crippen molar-refractivity contribution in [3.63, 3.8) is 0 Å². The third-order valence-corrected chi connectivity index (χ3v) is 5.44. The summed E-state index contributed by atoms with van der Waals surface area (Å²) in [6.07, 6.45) is 0.864. The van der Waals surface area contributed by atoms with E-state index in [0.29, 0.717) is 29.7 Å². The van der Waals surface area contributed by atoms with Crippen molar-refractivity contribution in [1.29, 1.82) is 0 Å². The Morgan fingerprint density at radius 3 is 2.06 bits per heavy atom. The van der Waals surface area contributed by atoms with E-state index in [0.717, 1.165) is 35.6 Å². The van der Waals surface area contributed by atoms with Crippen LogP contribution >= 0.6 is 24.0 Å². The highest BCUT2D eigenvalue weighted by atomic mass is 35.5. The highest BCUT2D eigenvalue weighted by Gasteiger charge is 2.12. The third-order valence-electron chi connectivity index (χ3n) is 5.16. The molecule has 3 aromatic carbocycles. The SMILES string of the molecule is COc1ccc(CCNCc2cc(Cl)c(OCc3ccc(C)cc3)c(OC)c2)cc1OC.Cl. The van der Waals surface area contributed by atoms with E-state index in [2.05, 4.69) is 24.4 Å². The Hall–Kier alpha value is -2.60. The number of rotatable bonds is 11. The molecule has 0 fully saturated rings. The number of nitrogens with one attached hydrogen (secondary N) is 1. The molecule has 33 heavy (non-hydrogen) atoms. The van der Waals surface area contributed by atoms with Crippen molar-refractivity contribution in [2.24, 2.45) is 0 Å². The number of benzene rings is 3. The number of ether oxygens (including phenoxy) is 4. The zero-order chi connectivity index (χ0) is 22.9. The summed E-state index contributed by atoms with van der Waals surface area (Å²) in [7, 11) is 4.90. The van der Waals surface area contributed by atoms with Gasteiger partial charge in [-0.05, 0) is 60.8 Å². The van der Waals surface area contributed by atoms with Gasteiger partial charge >= 0.3 is 0 Å². The van der Waals surface area contributed by atoms with Gasteiger partial charge in [0.15, 0.2) is 23.0 Å². The predicted octanol–water partition coefficient (Wildman–Crippen LogP) is 6.01. The highest BCUT2D eigenvalue weighted by molar-refractivity contribution is 6.32. The van der Waals surface area contributed by atoms with Crippen LogP contribution in [0.15, 0.2) is 54.6 Å². The molecule has 0 aliphatic heterocycles. The van der Waals surface area contributed by atoms with Crippen LogP contribution in [0.1, 0.15) is 22.3 Å². The van der Waals surface area contributed by atoms with Crippen LogP contribution in [-0.4, -0.2) is 27.9 Å². The van der Waals surface area contributed by atoms with Crippen LogP contribution in [0.2, 0.25) is 5.02 Å². The van der Waals surface area contributed by atoms with E-state index in [-0.39, 0.29) is 12.4 Å². The molecule has 5 nitrogen and oxygen atoms in total. The summed E-state index contributed by atoms with van der Waals surface area (Å²) in [5.74, 6) is 2.66. The van der Waals surface area contributed by atoms with Crippen LogP contribution < -0.4 is 24.3 Å². The maximum absolute atomic E-state index is 6.52. The summed E-state index contributed by atoms with van der Waals surface area (Å²) in [6, 6.07) is 18.1. The standard InChI is InChI=1S/C26H30ClNO4.ClH/c1-18-5-7-20(8-6-18)17-32-26-22(27)13-21(15-25(26)31-4)16-28-12-11-19-9-10-23(29-2)24(14-19)30-3;/h5-10,13-15,28H,11-12,16-17H2,1-4H3;1H. The summed E-state index contributed by atoms with van der Waals surface area (Å²) in [5, 5.41) is 3.99. The smallest absolute Gasteiger partial charge is 0.180 e. The van der Waals surface area contributed by atoms with E-state index in [1.54, 1.807) is 21.3 Å². The van der Waals surface area contributed by atoms with Crippen LogP contribution in [-0.2, 0) is 19.6 Å². The molecule has 3 rings (SSSR count). The minimum absolute atomic E-state index is 0. The molecule has 1 N–H and O–H groups in total. The fourth-order valence-corrected chi connectivity index (χ4v) is 3.64. The first-order valence-corrected chi connectivity index (χ1v) is 10.9. The first-order valence-electron chi connectivity index (χ1n) is 10.5. The van der Waals surface area contributed by atoms with Crippen molar-refractivity contribution >= 4 is 24.0 Å². The zero-order valence-electron chi connectivity index (χ0n) is 19.4. The van der Waals surface area contributed by atoms with Crippen LogP contribution in [0.25, 0.3) is 0 Å². The normalized spacial score (nSPS) is 10.3. The lowest BCUT2D eigenvalue weighted by atomic mass is 10.1. The highest BCUT2D eigenvalue weighted by Crippen LogP contribution is 2.37. The maximum atomic E-state index is 6.52. The minimum atomic E-state index is 0. The van der Waals surface area contributed by atoms with Gasteiger partial charge in [-0.3, -0.25) is 0 Å². The molecule has 0 radical (unpaired) electrons. The van der Waals surface area contributed by atoms with E-state index >= 15 is 0 Å². The number of hydrogen-bond acceptors (Lipinski definition) is 5. The van der Waals surface area contributed by atoms with Gasteiger partial charge in [0.25, 0.3) is 0 Å². The zero-order valence-corrected chi connectivity index (χ0v) is 21.0. The minimum Gasteiger partial charge on any atom is -0.493 e. The van der Waals surface area contributed by atoms with Gasteiger partial charge in [0.2, 0.25) is 0 Å². The lowest BCUT2D eigenvalue weighted by Crippen LogP contribution is -2.17. The molecule has 0 saturated heterocycles. The average Bonchev–Trinajstić information content (AvgIpc) is 2.81. The van der Waals surface area contributed by atoms with Crippen LogP contribution in [0.3, 0.4) is 0 Å². The number of halogens is 2. The van der Waals surface area contributed by atoms with Crippen LogP contribution in [0.4, 0.5) is 0 Å². The van der Waals surface area contributed by atoms with Gasteiger partial charge in [0.1, 0.15) is 6.61 Å². The van der Waals surface area contributed by atoms with Gasteiger partial charge in [-0.2, -0.15) is 0 Å². The molecule has 3 aromatic rings. The van der Waals surface area contributed by atoms with Crippen LogP contribution in [0, 0.1) is 6.92 Å². The molecule has 0 aliphatic carbocycles.